The van der Waals surface area contributed by atoms with Crippen LogP contribution >= 0.6 is 0 Å². The summed E-state index contributed by atoms with van der Waals surface area (Å²) in [5.41, 5.74) is 5.80. The molecule has 1 atom stereocenters. The van der Waals surface area contributed by atoms with Gasteiger partial charge in [0.25, 0.3) is 0 Å². The molecule has 0 aromatic carbocycles. The molecule has 0 amide bonds. The number of likely N-dealkylation sites (tertiary alicyclic amines) is 1. The minimum atomic E-state index is 0.0000505. The Kier molecular flexibility index (Phi) is 3.97. The molecule has 1 heterocycles. The second kappa shape index (κ2) is 4.84. The third-order valence-corrected chi connectivity index (χ3v) is 2.51. The van der Waals surface area contributed by atoms with Crippen LogP contribution in [0.3, 0.4) is 0 Å². The highest BCUT2D eigenvalue weighted by Gasteiger charge is 2.19. The van der Waals surface area contributed by atoms with Crippen LogP contribution in [0.2, 0.25) is 0 Å². The highest BCUT2D eigenvalue weighted by Crippen LogP contribution is 2.14. The van der Waals surface area contributed by atoms with Crippen molar-refractivity contribution in [3.8, 4) is 0 Å². The zero-order chi connectivity index (χ0) is 11.5. The van der Waals surface area contributed by atoms with Gasteiger partial charge in [0.05, 0.1) is 0 Å². The van der Waals surface area contributed by atoms with E-state index in [0.29, 0.717) is 11.9 Å². The molecule has 0 radical (unpaired) electrons. The minimum Gasteiger partial charge on any atom is -0.370 e. The zero-order valence-corrected chi connectivity index (χ0v) is 10.4. The molecule has 15 heavy (non-hydrogen) atoms. The molecular formula is C11H24N4. The summed E-state index contributed by atoms with van der Waals surface area (Å²) in [7, 11) is 2.15. The van der Waals surface area contributed by atoms with Gasteiger partial charge in [-0.15, -0.1) is 0 Å². The third-order valence-electron chi connectivity index (χ3n) is 2.51. The van der Waals surface area contributed by atoms with Gasteiger partial charge in [0.15, 0.2) is 5.96 Å². The fourth-order valence-corrected chi connectivity index (χ4v) is 1.83. The Morgan fingerprint density at radius 1 is 1.53 bits per heavy atom. The lowest BCUT2D eigenvalue weighted by Gasteiger charge is -2.21. The lowest BCUT2D eigenvalue weighted by atomic mass is 10.1. The standard InChI is InChI=1S/C11H24N4/c1-11(2,3)14-10(12)13-7-9-5-6-15(4)8-9/h9H,5-8H2,1-4H3,(H3,12,13,14). The molecule has 88 valence electrons. The average molecular weight is 212 g/mol. The number of guanidine groups is 1. The fraction of sp³-hybridized carbons (Fsp3) is 0.909. The van der Waals surface area contributed by atoms with Crippen LogP contribution in [-0.2, 0) is 0 Å². The smallest absolute Gasteiger partial charge is 0.188 e. The SMILES string of the molecule is CN1CCC(CN=C(N)NC(C)(C)C)C1. The fourth-order valence-electron chi connectivity index (χ4n) is 1.83. The van der Waals surface area contributed by atoms with E-state index in [-0.39, 0.29) is 5.54 Å². The molecule has 0 saturated carbocycles. The lowest BCUT2D eigenvalue weighted by molar-refractivity contribution is 0.397. The van der Waals surface area contributed by atoms with E-state index in [4.69, 9.17) is 5.73 Å². The van der Waals surface area contributed by atoms with Crippen molar-refractivity contribution in [2.45, 2.75) is 32.7 Å². The van der Waals surface area contributed by atoms with Gasteiger partial charge in [0.2, 0.25) is 0 Å². The van der Waals surface area contributed by atoms with E-state index in [1.807, 2.05) is 0 Å². The van der Waals surface area contributed by atoms with Crippen molar-refractivity contribution in [2.24, 2.45) is 16.6 Å². The maximum atomic E-state index is 5.80. The summed E-state index contributed by atoms with van der Waals surface area (Å²) < 4.78 is 0. The van der Waals surface area contributed by atoms with Crippen LogP contribution in [0.25, 0.3) is 0 Å². The average Bonchev–Trinajstić information content (AvgIpc) is 2.45. The topological polar surface area (TPSA) is 53.6 Å². The molecule has 0 bridgehead atoms. The molecular weight excluding hydrogens is 188 g/mol. The molecule has 1 aliphatic rings. The van der Waals surface area contributed by atoms with E-state index in [1.165, 1.54) is 13.0 Å². The summed E-state index contributed by atoms with van der Waals surface area (Å²) in [5.74, 6) is 1.24. The normalized spacial score (nSPS) is 24.5. The van der Waals surface area contributed by atoms with Crippen LogP contribution in [0.15, 0.2) is 4.99 Å². The monoisotopic (exact) mass is 212 g/mol. The van der Waals surface area contributed by atoms with E-state index >= 15 is 0 Å². The van der Waals surface area contributed by atoms with Crippen LogP contribution in [0.5, 0.6) is 0 Å². The summed E-state index contributed by atoms with van der Waals surface area (Å²) in [6, 6.07) is 0. The first-order valence-corrected chi connectivity index (χ1v) is 5.63. The quantitative estimate of drug-likeness (QED) is 0.522. The first-order valence-electron chi connectivity index (χ1n) is 5.63. The van der Waals surface area contributed by atoms with Crippen molar-refractivity contribution in [3.05, 3.63) is 0 Å². The van der Waals surface area contributed by atoms with Gasteiger partial charge in [-0.2, -0.15) is 0 Å². The molecule has 1 aliphatic heterocycles. The lowest BCUT2D eigenvalue weighted by Crippen LogP contribution is -2.45. The number of nitrogens with one attached hydrogen (secondary N) is 1. The minimum absolute atomic E-state index is 0.0000505. The zero-order valence-electron chi connectivity index (χ0n) is 10.4. The number of hydrogen-bond acceptors (Lipinski definition) is 2. The molecule has 4 nitrogen and oxygen atoms in total. The molecule has 1 saturated heterocycles. The predicted octanol–water partition coefficient (Wildman–Crippen LogP) is 0.641. The number of nitrogens with zero attached hydrogens (tertiary/aromatic N) is 2. The number of hydrogen-bond donors (Lipinski definition) is 2. The van der Waals surface area contributed by atoms with E-state index in [9.17, 15) is 0 Å². The van der Waals surface area contributed by atoms with Gasteiger partial charge in [0, 0.05) is 18.6 Å². The molecule has 0 aromatic rings. The molecule has 0 spiro atoms. The Morgan fingerprint density at radius 2 is 2.20 bits per heavy atom. The maximum absolute atomic E-state index is 5.80. The van der Waals surface area contributed by atoms with Crippen molar-refractivity contribution in [3.63, 3.8) is 0 Å². The maximum Gasteiger partial charge on any atom is 0.188 e. The number of nitrogens with two attached hydrogens (primary N) is 1. The van der Waals surface area contributed by atoms with Crippen LogP contribution in [0.4, 0.5) is 0 Å². The second-order valence-electron chi connectivity index (χ2n) is 5.52. The van der Waals surface area contributed by atoms with Crippen LogP contribution in [0, 0.1) is 5.92 Å². The van der Waals surface area contributed by atoms with Crippen molar-refractivity contribution in [1.29, 1.82) is 0 Å². The Hall–Kier alpha value is -0.770. The van der Waals surface area contributed by atoms with Gasteiger partial charge in [-0.1, -0.05) is 0 Å². The highest BCUT2D eigenvalue weighted by molar-refractivity contribution is 5.78. The second-order valence-corrected chi connectivity index (χ2v) is 5.52. The van der Waals surface area contributed by atoms with E-state index in [0.717, 1.165) is 13.1 Å². The van der Waals surface area contributed by atoms with Crippen molar-refractivity contribution in [1.82, 2.24) is 10.2 Å². The van der Waals surface area contributed by atoms with Crippen molar-refractivity contribution in [2.75, 3.05) is 26.7 Å². The Labute approximate surface area is 92.9 Å². The highest BCUT2D eigenvalue weighted by atomic mass is 15.1. The van der Waals surface area contributed by atoms with Gasteiger partial charge in [-0.05, 0) is 46.7 Å². The van der Waals surface area contributed by atoms with Gasteiger partial charge in [0.1, 0.15) is 0 Å². The van der Waals surface area contributed by atoms with Crippen molar-refractivity contribution >= 4 is 5.96 Å². The van der Waals surface area contributed by atoms with E-state index in [1.54, 1.807) is 0 Å². The van der Waals surface area contributed by atoms with Crippen LogP contribution < -0.4 is 11.1 Å². The van der Waals surface area contributed by atoms with Crippen LogP contribution in [-0.4, -0.2) is 43.1 Å². The van der Waals surface area contributed by atoms with Gasteiger partial charge in [-0.25, -0.2) is 0 Å². The summed E-state index contributed by atoms with van der Waals surface area (Å²) in [5, 5.41) is 3.17. The first-order chi connectivity index (χ1) is 6.87. The Bertz CT molecular complexity index is 229. The van der Waals surface area contributed by atoms with Gasteiger partial charge >= 0.3 is 0 Å². The molecule has 1 rings (SSSR count). The molecule has 0 aliphatic carbocycles. The largest absolute Gasteiger partial charge is 0.370 e. The summed E-state index contributed by atoms with van der Waals surface area (Å²) in [6.45, 7) is 9.43. The molecule has 0 aromatic heterocycles. The van der Waals surface area contributed by atoms with E-state index in [2.05, 4.69) is 43.0 Å². The summed E-state index contributed by atoms with van der Waals surface area (Å²) >= 11 is 0. The first kappa shape index (κ1) is 12.3. The molecule has 3 N–H and O–H groups in total. The van der Waals surface area contributed by atoms with Crippen molar-refractivity contribution < 1.29 is 0 Å². The predicted molar refractivity (Wildman–Crippen MR) is 65.0 cm³/mol. The third kappa shape index (κ3) is 5.02. The van der Waals surface area contributed by atoms with Gasteiger partial charge in [-0.3, -0.25) is 4.99 Å². The number of aliphatic imine (C=N–C) groups is 1. The molecule has 4 heteroatoms. The molecule has 1 fully saturated rings. The number of rotatable bonds is 2. The Morgan fingerprint density at radius 3 is 2.67 bits per heavy atom. The van der Waals surface area contributed by atoms with Crippen LogP contribution in [0.1, 0.15) is 27.2 Å². The Balaban J connectivity index is 2.31. The van der Waals surface area contributed by atoms with E-state index < -0.39 is 0 Å². The summed E-state index contributed by atoms with van der Waals surface area (Å²) in [4.78, 5) is 6.72. The molecule has 1 unspecified atom stereocenters. The van der Waals surface area contributed by atoms with Gasteiger partial charge < -0.3 is 16.0 Å². The summed E-state index contributed by atoms with van der Waals surface area (Å²) in [6.07, 6.45) is 1.24.